The molecular formula is C44H100Na4O28P8. The number of rotatable bonds is 48. The third-order valence-electron chi connectivity index (χ3n) is 11.4. The first kappa shape index (κ1) is 105. The molecule has 0 fully saturated rings. The summed E-state index contributed by atoms with van der Waals surface area (Å²) >= 11 is 0. The van der Waals surface area contributed by atoms with E-state index in [4.69, 9.17) is 59.6 Å². The topological polar surface area (TPSA) is 508 Å². The van der Waals surface area contributed by atoms with Crippen molar-refractivity contribution in [3.05, 3.63) is 0 Å². The minimum atomic E-state index is -5.10. The van der Waals surface area contributed by atoms with E-state index in [1.807, 2.05) is 0 Å². The van der Waals surface area contributed by atoms with Crippen LogP contribution in [0.3, 0.4) is 0 Å². The summed E-state index contributed by atoms with van der Waals surface area (Å²) in [7, 11) is -40.1. The Morgan fingerprint density at radius 2 is 0.357 bits per heavy atom. The number of hydrogen-bond acceptors (Lipinski definition) is 20. The average Bonchev–Trinajstić information content (AvgIpc) is 3.35. The molecule has 0 aromatic rings. The molecule has 28 nitrogen and oxygen atoms in total. The Labute approximate surface area is 588 Å². The van der Waals surface area contributed by atoms with Gasteiger partial charge in [-0.05, 0) is 25.7 Å². The van der Waals surface area contributed by atoms with Gasteiger partial charge in [0.1, 0.15) is 0 Å². The van der Waals surface area contributed by atoms with Gasteiger partial charge in [-0.3, -0.25) is 18.3 Å². The van der Waals surface area contributed by atoms with Crippen LogP contribution in [0.1, 0.15) is 233 Å². The van der Waals surface area contributed by atoms with Crippen LogP contribution in [-0.4, -0.2) is 108 Å². The van der Waals surface area contributed by atoms with Gasteiger partial charge in [0.05, 0.1) is 26.4 Å². The van der Waals surface area contributed by atoms with Crippen molar-refractivity contribution in [2.45, 2.75) is 256 Å². The summed E-state index contributed by atoms with van der Waals surface area (Å²) < 4.78 is 105. The molecule has 0 bridgehead atoms. The molecule has 0 aliphatic carbocycles. The van der Waals surface area contributed by atoms with E-state index in [9.17, 15) is 56.1 Å². The Morgan fingerprint density at radius 1 is 0.250 bits per heavy atom. The Kier molecular flexibility index (Phi) is 75.6. The Balaban J connectivity index is -0.000000150. The van der Waals surface area contributed by atoms with Crippen LogP contribution in [0.15, 0.2) is 0 Å². The van der Waals surface area contributed by atoms with Gasteiger partial charge in [-0.15, -0.1) is 0 Å². The maximum atomic E-state index is 11.2. The number of unbranched alkanes of at least 4 members (excludes halogenated alkanes) is 28. The predicted octanol–water partition coefficient (Wildman–Crippen LogP) is -3.38. The second kappa shape index (κ2) is 60.5. The van der Waals surface area contributed by atoms with Crippen LogP contribution in [-0.2, 0) is 54.6 Å². The summed E-state index contributed by atoms with van der Waals surface area (Å²) in [6.07, 6.45) is 32.4. The maximum Gasteiger partial charge on any atom is 1.00 e. The van der Waals surface area contributed by atoms with Crippen LogP contribution >= 0.6 is 60.8 Å². The van der Waals surface area contributed by atoms with Crippen molar-refractivity contribution in [1.29, 1.82) is 0 Å². The molecule has 0 saturated carbocycles. The molecule has 40 heteroatoms. The molecule has 8 unspecified atom stereocenters. The molecule has 0 amide bonds. The van der Waals surface area contributed by atoms with Crippen LogP contribution in [0.4, 0.5) is 0 Å². The Bertz CT molecular complexity index is 1650. The summed E-state index contributed by atoms with van der Waals surface area (Å²) in [5, 5.41) is 35.9. The van der Waals surface area contributed by atoms with Gasteiger partial charge in [0.2, 0.25) is 22.3 Å². The first-order chi connectivity index (χ1) is 36.9. The van der Waals surface area contributed by atoms with Crippen LogP contribution in [0.2, 0.25) is 0 Å². The monoisotopic (exact) mass is 1420 g/mol. The third kappa shape index (κ3) is 63.1. The van der Waals surface area contributed by atoms with Gasteiger partial charge in [0.25, 0.3) is 0 Å². The normalized spacial score (nSPS) is 16.0. The number of aliphatic hydroxyl groups excluding tert-OH is 4. The van der Waals surface area contributed by atoms with Crippen molar-refractivity contribution in [3.8, 4) is 0 Å². The standard InChI is InChI=1S/4C11H26O7P2.4Na/c4*1-2-3-4-5-6-7-8-9-10-18-20(16,17)11(12)19(13,14)15;;;;/h4*11-12H,2-10H2,1H3,(H,16,17)(H2,13,14,15);;;;/q;;;;4*+1/p-4. The van der Waals surface area contributed by atoms with E-state index in [0.29, 0.717) is 25.7 Å². The minimum absolute atomic E-state index is 0. The van der Waals surface area contributed by atoms with E-state index in [1.54, 1.807) is 0 Å². The smallest absolute Gasteiger partial charge is 0.776 e. The SMILES string of the molecule is CCCCCCCCCCOP(=O)([O-])C(O)P(=O)(O)O.CCCCCCCCCCOP(=O)([O-])C(O)P(=O)(O)O.CCCCCCCCCCOP(=O)([O-])C(O)P(=O)(O)O.CCCCCCCCCCOP(=O)([O-])C(O)P(=O)(O)O.[Na+].[Na+].[Na+].[Na+]. The van der Waals surface area contributed by atoms with Crippen LogP contribution in [0.5, 0.6) is 0 Å². The molecule has 0 heterocycles. The molecule has 0 aromatic carbocycles. The zero-order valence-corrected chi connectivity index (χ0v) is 66.4. The molecule has 0 saturated heterocycles. The van der Waals surface area contributed by atoms with Crippen LogP contribution < -0.4 is 138 Å². The largest absolute Gasteiger partial charge is 1.00 e. The Hall–Kier alpha value is 5.04. The Morgan fingerprint density at radius 3 is 0.464 bits per heavy atom. The van der Waals surface area contributed by atoms with Crippen molar-refractivity contribution < 1.29 is 252 Å². The molecule has 84 heavy (non-hydrogen) atoms. The molecule has 0 radical (unpaired) electrons. The van der Waals surface area contributed by atoms with E-state index in [1.165, 1.54) is 77.0 Å². The van der Waals surface area contributed by atoms with E-state index in [2.05, 4.69) is 45.8 Å². The second-order valence-corrected chi connectivity index (χ2v) is 34.7. The molecule has 12 N–H and O–H groups in total. The molecule has 0 spiro atoms. The molecule has 0 aliphatic rings. The van der Waals surface area contributed by atoms with E-state index >= 15 is 0 Å². The van der Waals surface area contributed by atoms with Crippen molar-refractivity contribution >= 4 is 60.8 Å². The van der Waals surface area contributed by atoms with E-state index in [0.717, 1.165) is 103 Å². The molecule has 0 aliphatic heterocycles. The minimum Gasteiger partial charge on any atom is -0.776 e. The summed E-state index contributed by atoms with van der Waals surface area (Å²) in [6.45, 7) is 7.93. The summed E-state index contributed by atoms with van der Waals surface area (Å²) in [5.74, 6) is 0. The van der Waals surface area contributed by atoms with E-state index < -0.39 is 83.1 Å². The van der Waals surface area contributed by atoms with Crippen LogP contribution in [0.25, 0.3) is 0 Å². The predicted molar refractivity (Wildman–Crippen MR) is 297 cm³/mol. The first-order valence-corrected chi connectivity index (χ1v) is 40.8. The maximum absolute atomic E-state index is 11.2. The number of aliphatic hydroxyl groups is 4. The fraction of sp³-hybridized carbons (Fsp3) is 1.00. The van der Waals surface area contributed by atoms with Gasteiger partial charge in [-0.2, -0.15) is 0 Å². The van der Waals surface area contributed by atoms with E-state index in [-0.39, 0.29) is 145 Å². The average molecular weight is 1420 g/mol. The van der Waals surface area contributed by atoms with Crippen molar-refractivity contribution in [2.24, 2.45) is 0 Å². The zero-order chi connectivity index (χ0) is 62.6. The van der Waals surface area contributed by atoms with Gasteiger partial charge in [-0.25, -0.2) is 0 Å². The second-order valence-electron chi connectivity index (χ2n) is 19.1. The first-order valence-electron chi connectivity index (χ1n) is 27.6. The molecule has 488 valence electrons. The quantitative estimate of drug-likeness (QED) is 0.0161. The van der Waals surface area contributed by atoms with Gasteiger partial charge in [0.15, 0.2) is 30.4 Å². The van der Waals surface area contributed by atoms with Crippen molar-refractivity contribution in [1.82, 2.24) is 0 Å². The van der Waals surface area contributed by atoms with Crippen LogP contribution in [0, 0.1) is 0 Å². The fourth-order valence-corrected chi connectivity index (χ4v) is 15.5. The van der Waals surface area contributed by atoms with Crippen molar-refractivity contribution in [2.75, 3.05) is 26.4 Å². The third-order valence-corrected chi connectivity index (χ3v) is 25.3. The molecule has 8 atom stereocenters. The van der Waals surface area contributed by atoms with Gasteiger partial charge in [0, 0.05) is 0 Å². The van der Waals surface area contributed by atoms with Gasteiger partial charge < -0.3 is 116 Å². The van der Waals surface area contributed by atoms with Gasteiger partial charge in [-0.1, -0.05) is 207 Å². The zero-order valence-electron chi connectivity index (χ0n) is 51.2. The van der Waals surface area contributed by atoms with Gasteiger partial charge >= 0.3 is 149 Å². The molecular weight excluding hydrogens is 1320 g/mol. The van der Waals surface area contributed by atoms with Crippen molar-refractivity contribution in [3.63, 3.8) is 0 Å². The molecule has 0 aromatic heterocycles. The molecule has 0 rings (SSSR count). The summed E-state index contributed by atoms with van der Waals surface area (Å²) in [4.78, 5) is 114. The summed E-state index contributed by atoms with van der Waals surface area (Å²) in [5.41, 5.74) is -11.1. The summed E-state index contributed by atoms with van der Waals surface area (Å²) in [6, 6.07) is 0. The fourth-order valence-electron chi connectivity index (χ4n) is 6.71. The number of hydrogen-bond donors (Lipinski definition) is 12.